The SMILES string of the molecule is CC(C)(N)[C@@H](O)c1ccccn1. The van der Waals surface area contributed by atoms with E-state index in [1.54, 1.807) is 32.2 Å². The van der Waals surface area contributed by atoms with Crippen LogP contribution >= 0.6 is 0 Å². The molecule has 1 aromatic heterocycles. The molecule has 0 spiro atoms. The summed E-state index contributed by atoms with van der Waals surface area (Å²) in [5.74, 6) is 0. The lowest BCUT2D eigenvalue weighted by molar-refractivity contribution is 0.100. The molecule has 0 amide bonds. The molecule has 0 aliphatic carbocycles. The fraction of sp³-hybridized carbons (Fsp3) is 0.444. The first kappa shape index (κ1) is 9.16. The third-order valence-electron chi connectivity index (χ3n) is 1.67. The number of nitrogens with two attached hydrogens (primary N) is 1. The molecule has 0 saturated carbocycles. The quantitative estimate of drug-likeness (QED) is 0.684. The Bertz CT molecular complexity index is 240. The van der Waals surface area contributed by atoms with E-state index in [-0.39, 0.29) is 0 Å². The molecular formula is C9H14N2O. The Balaban J connectivity index is 2.86. The summed E-state index contributed by atoms with van der Waals surface area (Å²) in [5.41, 5.74) is 5.69. The summed E-state index contributed by atoms with van der Waals surface area (Å²) in [6.45, 7) is 3.54. The maximum absolute atomic E-state index is 9.67. The molecule has 1 aromatic rings. The molecule has 12 heavy (non-hydrogen) atoms. The third-order valence-corrected chi connectivity index (χ3v) is 1.67. The number of aromatic nitrogens is 1. The van der Waals surface area contributed by atoms with Gasteiger partial charge in [0.1, 0.15) is 6.10 Å². The zero-order valence-corrected chi connectivity index (χ0v) is 7.36. The fourth-order valence-corrected chi connectivity index (χ4v) is 0.919. The Kier molecular flexibility index (Phi) is 2.45. The van der Waals surface area contributed by atoms with Crippen LogP contribution in [-0.4, -0.2) is 15.6 Å². The minimum atomic E-state index is -0.710. The van der Waals surface area contributed by atoms with Crippen molar-refractivity contribution in [3.63, 3.8) is 0 Å². The van der Waals surface area contributed by atoms with Crippen LogP contribution in [0.25, 0.3) is 0 Å². The van der Waals surface area contributed by atoms with Crippen LogP contribution in [0.5, 0.6) is 0 Å². The lowest BCUT2D eigenvalue weighted by Crippen LogP contribution is -2.39. The highest BCUT2D eigenvalue weighted by Crippen LogP contribution is 2.20. The van der Waals surface area contributed by atoms with Gasteiger partial charge in [-0.25, -0.2) is 0 Å². The second kappa shape index (κ2) is 3.21. The molecule has 0 saturated heterocycles. The van der Waals surface area contributed by atoms with Crippen molar-refractivity contribution in [3.8, 4) is 0 Å². The van der Waals surface area contributed by atoms with E-state index < -0.39 is 11.6 Å². The van der Waals surface area contributed by atoms with Crippen LogP contribution in [0.1, 0.15) is 25.6 Å². The van der Waals surface area contributed by atoms with Gasteiger partial charge in [-0.15, -0.1) is 0 Å². The Morgan fingerprint density at radius 2 is 2.17 bits per heavy atom. The van der Waals surface area contributed by atoms with Gasteiger partial charge in [0.2, 0.25) is 0 Å². The smallest absolute Gasteiger partial charge is 0.113 e. The van der Waals surface area contributed by atoms with Crippen LogP contribution < -0.4 is 5.73 Å². The summed E-state index contributed by atoms with van der Waals surface area (Å²) in [4.78, 5) is 4.02. The summed E-state index contributed by atoms with van der Waals surface area (Å²) in [7, 11) is 0. The van der Waals surface area contributed by atoms with E-state index in [0.717, 1.165) is 0 Å². The Morgan fingerprint density at radius 3 is 2.58 bits per heavy atom. The van der Waals surface area contributed by atoms with E-state index in [4.69, 9.17) is 5.73 Å². The van der Waals surface area contributed by atoms with Crippen LogP contribution in [0.4, 0.5) is 0 Å². The summed E-state index contributed by atoms with van der Waals surface area (Å²) < 4.78 is 0. The lowest BCUT2D eigenvalue weighted by atomic mass is 9.96. The van der Waals surface area contributed by atoms with Crippen molar-refractivity contribution in [1.29, 1.82) is 0 Å². The maximum Gasteiger partial charge on any atom is 0.113 e. The van der Waals surface area contributed by atoms with E-state index in [0.29, 0.717) is 5.69 Å². The predicted octanol–water partition coefficient (Wildman–Crippen LogP) is 0.852. The molecule has 0 aliphatic rings. The predicted molar refractivity (Wildman–Crippen MR) is 47.5 cm³/mol. The average Bonchev–Trinajstić information content (AvgIpc) is 2.03. The van der Waals surface area contributed by atoms with Crippen molar-refractivity contribution in [1.82, 2.24) is 4.98 Å². The molecular weight excluding hydrogens is 152 g/mol. The number of pyridine rings is 1. The molecule has 0 unspecified atom stereocenters. The molecule has 0 fully saturated rings. The lowest BCUT2D eigenvalue weighted by Gasteiger charge is -2.24. The first-order valence-corrected chi connectivity index (χ1v) is 3.89. The van der Waals surface area contributed by atoms with Crippen molar-refractivity contribution >= 4 is 0 Å². The summed E-state index contributed by atoms with van der Waals surface area (Å²) in [6, 6.07) is 5.40. The molecule has 3 heteroatoms. The third kappa shape index (κ3) is 2.03. The van der Waals surface area contributed by atoms with Crippen LogP contribution in [0.2, 0.25) is 0 Å². The Morgan fingerprint density at radius 1 is 1.50 bits per heavy atom. The van der Waals surface area contributed by atoms with Crippen LogP contribution in [-0.2, 0) is 0 Å². The maximum atomic E-state index is 9.67. The topological polar surface area (TPSA) is 59.1 Å². The van der Waals surface area contributed by atoms with Gasteiger partial charge in [-0.1, -0.05) is 6.07 Å². The number of aliphatic hydroxyl groups is 1. The highest BCUT2D eigenvalue weighted by Gasteiger charge is 2.24. The zero-order valence-electron chi connectivity index (χ0n) is 7.36. The molecule has 66 valence electrons. The first-order valence-electron chi connectivity index (χ1n) is 3.89. The van der Waals surface area contributed by atoms with Gasteiger partial charge in [0.25, 0.3) is 0 Å². The van der Waals surface area contributed by atoms with Gasteiger partial charge in [0, 0.05) is 11.7 Å². The largest absolute Gasteiger partial charge is 0.385 e. The second-order valence-corrected chi connectivity index (χ2v) is 3.48. The van der Waals surface area contributed by atoms with Gasteiger partial charge < -0.3 is 10.8 Å². The fourth-order valence-electron chi connectivity index (χ4n) is 0.919. The van der Waals surface area contributed by atoms with Crippen LogP contribution in [0.3, 0.4) is 0 Å². The number of hydrogen-bond donors (Lipinski definition) is 2. The van der Waals surface area contributed by atoms with Crippen molar-refractivity contribution in [2.45, 2.75) is 25.5 Å². The van der Waals surface area contributed by atoms with E-state index in [1.807, 2.05) is 6.07 Å². The summed E-state index contributed by atoms with van der Waals surface area (Å²) in [5, 5.41) is 9.67. The van der Waals surface area contributed by atoms with Crippen LogP contribution in [0, 0.1) is 0 Å². The number of nitrogens with zero attached hydrogens (tertiary/aromatic N) is 1. The number of rotatable bonds is 2. The van der Waals surface area contributed by atoms with Gasteiger partial charge >= 0.3 is 0 Å². The van der Waals surface area contributed by atoms with Crippen molar-refractivity contribution in [2.24, 2.45) is 5.73 Å². The van der Waals surface area contributed by atoms with Gasteiger partial charge in [-0.05, 0) is 26.0 Å². The number of hydrogen-bond acceptors (Lipinski definition) is 3. The van der Waals surface area contributed by atoms with E-state index in [9.17, 15) is 5.11 Å². The minimum Gasteiger partial charge on any atom is -0.385 e. The minimum absolute atomic E-state index is 0.616. The molecule has 3 N–H and O–H groups in total. The average molecular weight is 166 g/mol. The monoisotopic (exact) mass is 166 g/mol. The highest BCUT2D eigenvalue weighted by atomic mass is 16.3. The van der Waals surface area contributed by atoms with Crippen molar-refractivity contribution in [2.75, 3.05) is 0 Å². The van der Waals surface area contributed by atoms with Gasteiger partial charge in [-0.3, -0.25) is 4.98 Å². The van der Waals surface area contributed by atoms with E-state index in [1.165, 1.54) is 0 Å². The standard InChI is InChI=1S/C9H14N2O/c1-9(2,10)8(12)7-5-3-4-6-11-7/h3-6,8,12H,10H2,1-2H3/t8-/m0/s1. The van der Waals surface area contributed by atoms with Gasteiger partial charge in [-0.2, -0.15) is 0 Å². The molecule has 3 nitrogen and oxygen atoms in total. The molecule has 1 atom stereocenters. The summed E-state index contributed by atoms with van der Waals surface area (Å²) >= 11 is 0. The molecule has 1 heterocycles. The zero-order chi connectivity index (χ0) is 9.19. The van der Waals surface area contributed by atoms with E-state index >= 15 is 0 Å². The van der Waals surface area contributed by atoms with Crippen molar-refractivity contribution < 1.29 is 5.11 Å². The molecule has 0 aromatic carbocycles. The summed E-state index contributed by atoms with van der Waals surface area (Å²) in [6.07, 6.45) is 0.934. The molecule has 1 rings (SSSR count). The number of aliphatic hydroxyl groups excluding tert-OH is 1. The normalized spacial score (nSPS) is 14.3. The molecule has 0 aliphatic heterocycles. The van der Waals surface area contributed by atoms with Gasteiger partial charge in [0.05, 0.1) is 5.69 Å². The van der Waals surface area contributed by atoms with E-state index in [2.05, 4.69) is 4.98 Å². The Hall–Kier alpha value is -0.930. The highest BCUT2D eigenvalue weighted by molar-refractivity contribution is 5.10. The van der Waals surface area contributed by atoms with Gasteiger partial charge in [0.15, 0.2) is 0 Å². The van der Waals surface area contributed by atoms with Crippen molar-refractivity contribution in [3.05, 3.63) is 30.1 Å². The van der Waals surface area contributed by atoms with Crippen LogP contribution in [0.15, 0.2) is 24.4 Å². The molecule has 0 radical (unpaired) electrons. The molecule has 0 bridgehead atoms. The first-order chi connectivity index (χ1) is 5.52. The Labute approximate surface area is 72.2 Å². The second-order valence-electron chi connectivity index (χ2n) is 3.48.